The van der Waals surface area contributed by atoms with Crippen molar-refractivity contribution in [2.45, 2.75) is 53.4 Å². The van der Waals surface area contributed by atoms with Gasteiger partial charge in [0.15, 0.2) is 0 Å². The molecular formula is C19H28N2O3. The van der Waals surface area contributed by atoms with Gasteiger partial charge in [-0.1, -0.05) is 32.9 Å². The van der Waals surface area contributed by atoms with Gasteiger partial charge < -0.3 is 15.0 Å². The third kappa shape index (κ3) is 4.81. The van der Waals surface area contributed by atoms with Crippen molar-refractivity contribution in [2.24, 2.45) is 5.41 Å². The molecule has 0 spiro atoms. The smallest absolute Gasteiger partial charge is 0.254 e. The lowest BCUT2D eigenvalue weighted by molar-refractivity contribution is -0.128. The number of nitrogens with zero attached hydrogens (tertiary/aromatic N) is 1. The minimum Gasteiger partial charge on any atom is -0.372 e. The first kappa shape index (κ1) is 18.5. The van der Waals surface area contributed by atoms with Crippen LogP contribution >= 0.6 is 0 Å². The van der Waals surface area contributed by atoms with Crippen LogP contribution in [0.4, 0.5) is 0 Å². The van der Waals surface area contributed by atoms with Gasteiger partial charge in [-0.3, -0.25) is 9.59 Å². The zero-order valence-electron chi connectivity index (χ0n) is 15.3. The van der Waals surface area contributed by atoms with Gasteiger partial charge >= 0.3 is 0 Å². The molecule has 1 saturated heterocycles. The Morgan fingerprint density at radius 2 is 1.67 bits per heavy atom. The maximum absolute atomic E-state index is 12.6. The number of hydrogen-bond donors (Lipinski definition) is 1. The van der Waals surface area contributed by atoms with Gasteiger partial charge in [-0.15, -0.1) is 0 Å². The standard InChI is InChI=1S/C19H28N2O3/c1-13-11-21(12-14(2)24-13)17(22)16-8-6-15(7-9-16)10-20-18(23)19(3,4)5/h6-9,13-14H,10-12H2,1-5H3,(H,20,23)/t13-,14-/m0/s1. The van der Waals surface area contributed by atoms with E-state index in [1.165, 1.54) is 0 Å². The van der Waals surface area contributed by atoms with E-state index < -0.39 is 5.41 Å². The van der Waals surface area contributed by atoms with Crippen LogP contribution in [-0.2, 0) is 16.1 Å². The van der Waals surface area contributed by atoms with Gasteiger partial charge in [0, 0.05) is 30.6 Å². The van der Waals surface area contributed by atoms with Crippen LogP contribution in [-0.4, -0.2) is 42.0 Å². The molecular weight excluding hydrogens is 304 g/mol. The summed E-state index contributed by atoms with van der Waals surface area (Å²) < 4.78 is 5.67. The van der Waals surface area contributed by atoms with E-state index in [-0.39, 0.29) is 24.0 Å². The van der Waals surface area contributed by atoms with E-state index in [4.69, 9.17) is 4.74 Å². The zero-order valence-corrected chi connectivity index (χ0v) is 15.3. The molecule has 1 aromatic carbocycles. The normalized spacial score (nSPS) is 21.5. The highest BCUT2D eigenvalue weighted by Gasteiger charge is 2.26. The fourth-order valence-electron chi connectivity index (χ4n) is 2.74. The summed E-state index contributed by atoms with van der Waals surface area (Å²) in [6.45, 7) is 11.3. The van der Waals surface area contributed by atoms with Gasteiger partial charge in [-0.25, -0.2) is 0 Å². The van der Waals surface area contributed by atoms with Gasteiger partial charge in [-0.05, 0) is 31.5 Å². The number of benzene rings is 1. The largest absolute Gasteiger partial charge is 0.372 e. The Morgan fingerprint density at radius 1 is 1.12 bits per heavy atom. The van der Waals surface area contributed by atoms with Gasteiger partial charge in [0.2, 0.25) is 5.91 Å². The molecule has 5 nitrogen and oxygen atoms in total. The molecule has 0 aromatic heterocycles. The first-order chi connectivity index (χ1) is 11.2. The van der Waals surface area contributed by atoms with Crippen LogP contribution in [0, 0.1) is 5.41 Å². The Morgan fingerprint density at radius 3 is 2.17 bits per heavy atom. The monoisotopic (exact) mass is 332 g/mol. The Bertz CT molecular complexity index is 580. The maximum atomic E-state index is 12.6. The molecule has 2 rings (SSSR count). The van der Waals surface area contributed by atoms with Crippen molar-refractivity contribution >= 4 is 11.8 Å². The molecule has 1 aliphatic heterocycles. The lowest BCUT2D eigenvalue weighted by Gasteiger charge is -2.35. The number of rotatable bonds is 3. The van der Waals surface area contributed by atoms with Crippen molar-refractivity contribution in [1.82, 2.24) is 10.2 Å². The van der Waals surface area contributed by atoms with E-state index in [1.54, 1.807) is 0 Å². The first-order valence-electron chi connectivity index (χ1n) is 8.49. The minimum absolute atomic E-state index is 0.0129. The molecule has 2 amide bonds. The highest BCUT2D eigenvalue weighted by molar-refractivity contribution is 5.94. The van der Waals surface area contributed by atoms with E-state index in [9.17, 15) is 9.59 Å². The van der Waals surface area contributed by atoms with Crippen LogP contribution in [0.15, 0.2) is 24.3 Å². The van der Waals surface area contributed by atoms with Crippen LogP contribution in [0.3, 0.4) is 0 Å². The van der Waals surface area contributed by atoms with Crippen LogP contribution in [0.5, 0.6) is 0 Å². The summed E-state index contributed by atoms with van der Waals surface area (Å²) in [7, 11) is 0. The predicted molar refractivity (Wildman–Crippen MR) is 93.7 cm³/mol. The van der Waals surface area contributed by atoms with E-state index >= 15 is 0 Å². The van der Waals surface area contributed by atoms with Crippen molar-refractivity contribution in [3.8, 4) is 0 Å². The van der Waals surface area contributed by atoms with Gasteiger partial charge in [0.25, 0.3) is 5.91 Å². The summed E-state index contributed by atoms with van der Waals surface area (Å²) in [5, 5.41) is 2.91. The topological polar surface area (TPSA) is 58.6 Å². The second kappa shape index (κ2) is 7.34. The lowest BCUT2D eigenvalue weighted by Crippen LogP contribution is -2.48. The Hall–Kier alpha value is -1.88. The molecule has 2 atom stereocenters. The Kier molecular flexibility index (Phi) is 5.65. The summed E-state index contributed by atoms with van der Waals surface area (Å²) in [5.41, 5.74) is 1.25. The molecule has 1 N–H and O–H groups in total. The average molecular weight is 332 g/mol. The van der Waals surface area contributed by atoms with E-state index in [0.29, 0.717) is 25.2 Å². The fourth-order valence-corrected chi connectivity index (χ4v) is 2.74. The molecule has 0 saturated carbocycles. The highest BCUT2D eigenvalue weighted by Crippen LogP contribution is 2.16. The summed E-state index contributed by atoms with van der Waals surface area (Å²) in [5.74, 6) is 0.0428. The summed E-state index contributed by atoms with van der Waals surface area (Å²) >= 11 is 0. The zero-order chi connectivity index (χ0) is 17.9. The van der Waals surface area contributed by atoms with E-state index in [2.05, 4.69) is 5.32 Å². The molecule has 0 aliphatic carbocycles. The van der Waals surface area contributed by atoms with Crippen LogP contribution < -0.4 is 5.32 Å². The van der Waals surface area contributed by atoms with Crippen molar-refractivity contribution < 1.29 is 14.3 Å². The Labute approximate surface area is 144 Å². The number of hydrogen-bond acceptors (Lipinski definition) is 3. The molecule has 0 bridgehead atoms. The lowest BCUT2D eigenvalue weighted by atomic mass is 9.95. The number of morpholine rings is 1. The molecule has 0 unspecified atom stereocenters. The summed E-state index contributed by atoms with van der Waals surface area (Å²) in [4.78, 5) is 26.3. The summed E-state index contributed by atoms with van der Waals surface area (Å²) in [6, 6.07) is 7.43. The number of carbonyl (C=O) groups excluding carboxylic acids is 2. The van der Waals surface area contributed by atoms with Crippen LogP contribution in [0.1, 0.15) is 50.5 Å². The van der Waals surface area contributed by atoms with E-state index in [1.807, 2.05) is 63.8 Å². The van der Waals surface area contributed by atoms with Gasteiger partial charge in [-0.2, -0.15) is 0 Å². The van der Waals surface area contributed by atoms with Gasteiger partial charge in [0.1, 0.15) is 0 Å². The number of amides is 2. The molecule has 1 heterocycles. The second-order valence-corrected chi connectivity index (χ2v) is 7.60. The highest BCUT2D eigenvalue weighted by atomic mass is 16.5. The SMILES string of the molecule is C[C@H]1CN(C(=O)c2ccc(CNC(=O)C(C)(C)C)cc2)C[C@H](C)O1. The van der Waals surface area contributed by atoms with Crippen molar-refractivity contribution in [2.75, 3.05) is 13.1 Å². The first-order valence-corrected chi connectivity index (χ1v) is 8.49. The molecule has 1 fully saturated rings. The predicted octanol–water partition coefficient (Wildman–Crippen LogP) is 2.60. The van der Waals surface area contributed by atoms with Crippen molar-refractivity contribution in [1.29, 1.82) is 0 Å². The molecule has 5 heteroatoms. The van der Waals surface area contributed by atoms with E-state index in [0.717, 1.165) is 5.56 Å². The molecule has 24 heavy (non-hydrogen) atoms. The van der Waals surface area contributed by atoms with Gasteiger partial charge in [0.05, 0.1) is 12.2 Å². The maximum Gasteiger partial charge on any atom is 0.254 e. The van der Waals surface area contributed by atoms with Crippen molar-refractivity contribution in [3.05, 3.63) is 35.4 Å². The quantitative estimate of drug-likeness (QED) is 0.925. The minimum atomic E-state index is -0.403. The third-order valence-electron chi connectivity index (χ3n) is 4.04. The number of carbonyl (C=O) groups is 2. The molecule has 0 radical (unpaired) electrons. The molecule has 132 valence electrons. The summed E-state index contributed by atoms with van der Waals surface area (Å²) in [6.07, 6.45) is 0.120. The van der Waals surface area contributed by atoms with Crippen LogP contribution in [0.2, 0.25) is 0 Å². The fraction of sp³-hybridized carbons (Fsp3) is 0.579. The average Bonchev–Trinajstić information content (AvgIpc) is 2.50. The third-order valence-corrected chi connectivity index (χ3v) is 4.04. The van der Waals surface area contributed by atoms with Crippen LogP contribution in [0.25, 0.3) is 0 Å². The second-order valence-electron chi connectivity index (χ2n) is 7.60. The molecule has 1 aliphatic rings. The number of nitrogens with one attached hydrogen (secondary N) is 1. The number of ether oxygens (including phenoxy) is 1. The Balaban J connectivity index is 1.96. The molecule has 1 aromatic rings. The van der Waals surface area contributed by atoms with Crippen molar-refractivity contribution in [3.63, 3.8) is 0 Å².